The number of benzene rings is 1. The van der Waals surface area contributed by atoms with Crippen molar-refractivity contribution >= 4 is 17.7 Å². The average Bonchev–Trinajstić information content (AvgIpc) is 2.48. The molecular formula is C16H23NO2S. The maximum absolute atomic E-state index is 11.8. The summed E-state index contributed by atoms with van der Waals surface area (Å²) in [5.41, 5.74) is -0.174. The minimum Gasteiger partial charge on any atom is -0.480 e. The van der Waals surface area contributed by atoms with Gasteiger partial charge in [-0.1, -0.05) is 31.4 Å². The molecule has 1 aliphatic rings. The van der Waals surface area contributed by atoms with Crippen LogP contribution in [0.15, 0.2) is 29.2 Å². The second-order valence-corrected chi connectivity index (χ2v) is 6.52. The highest BCUT2D eigenvalue weighted by Gasteiger charge is 2.37. The molecule has 2 N–H and O–H groups in total. The van der Waals surface area contributed by atoms with Crippen molar-refractivity contribution in [2.45, 2.75) is 55.5 Å². The van der Waals surface area contributed by atoms with E-state index in [2.05, 4.69) is 5.32 Å². The topological polar surface area (TPSA) is 49.3 Å². The van der Waals surface area contributed by atoms with Crippen LogP contribution in [0.5, 0.6) is 0 Å². The maximum atomic E-state index is 11.8. The van der Waals surface area contributed by atoms with E-state index in [9.17, 15) is 9.90 Å². The largest absolute Gasteiger partial charge is 0.480 e. The van der Waals surface area contributed by atoms with Crippen LogP contribution in [-0.4, -0.2) is 23.4 Å². The Kier molecular flexibility index (Phi) is 5.11. The van der Waals surface area contributed by atoms with Gasteiger partial charge in [-0.05, 0) is 43.7 Å². The number of hydrogen-bond acceptors (Lipinski definition) is 3. The normalized spacial score (nSPS) is 19.5. The van der Waals surface area contributed by atoms with Gasteiger partial charge in [0.15, 0.2) is 0 Å². The number of carbonyl (C=O) groups is 1. The van der Waals surface area contributed by atoms with E-state index in [1.54, 1.807) is 18.7 Å². The summed E-state index contributed by atoms with van der Waals surface area (Å²) < 4.78 is 0. The van der Waals surface area contributed by atoms with Crippen LogP contribution in [0.2, 0.25) is 0 Å². The number of carboxylic acid groups (broad SMARTS) is 1. The Morgan fingerprint density at radius 1 is 1.25 bits per heavy atom. The van der Waals surface area contributed by atoms with E-state index in [-0.39, 0.29) is 0 Å². The Bertz CT molecular complexity index is 454. The molecule has 0 saturated heterocycles. The second-order valence-electron chi connectivity index (χ2n) is 5.64. The molecule has 3 nitrogen and oxygen atoms in total. The Hall–Kier alpha value is -1.00. The lowest BCUT2D eigenvalue weighted by Crippen LogP contribution is -2.51. The van der Waals surface area contributed by atoms with Crippen molar-refractivity contribution < 1.29 is 9.90 Å². The molecule has 0 bridgehead atoms. The standard InChI is InChI=1S/C16H23NO2S/c1-16(15(18)19,17-13-6-4-3-5-7-13)12-8-10-14(20-2)11-9-12/h8-11,13,17H,3-7H2,1-2H3,(H,18,19). The number of carboxylic acids is 1. The summed E-state index contributed by atoms with van der Waals surface area (Å²) in [4.78, 5) is 12.9. The Balaban J connectivity index is 2.20. The second kappa shape index (κ2) is 6.64. The third kappa shape index (κ3) is 3.36. The zero-order chi connectivity index (χ0) is 14.6. The number of nitrogens with one attached hydrogen (secondary N) is 1. The first-order valence-corrected chi connectivity index (χ1v) is 8.44. The molecule has 0 heterocycles. The van der Waals surface area contributed by atoms with Crippen molar-refractivity contribution in [2.75, 3.05) is 6.26 Å². The molecule has 110 valence electrons. The third-order valence-electron chi connectivity index (χ3n) is 4.19. The molecule has 0 amide bonds. The fourth-order valence-corrected chi connectivity index (χ4v) is 3.26. The van der Waals surface area contributed by atoms with Crippen molar-refractivity contribution in [3.05, 3.63) is 29.8 Å². The molecule has 1 unspecified atom stereocenters. The van der Waals surface area contributed by atoms with Gasteiger partial charge in [-0.15, -0.1) is 11.8 Å². The Labute approximate surface area is 125 Å². The van der Waals surface area contributed by atoms with Crippen molar-refractivity contribution in [1.82, 2.24) is 5.32 Å². The summed E-state index contributed by atoms with van der Waals surface area (Å²) in [6, 6.07) is 8.14. The summed E-state index contributed by atoms with van der Waals surface area (Å²) in [6.45, 7) is 1.78. The first-order valence-electron chi connectivity index (χ1n) is 7.22. The van der Waals surface area contributed by atoms with Crippen molar-refractivity contribution in [3.63, 3.8) is 0 Å². The molecule has 0 aliphatic heterocycles. The predicted octanol–water partition coefficient (Wildman–Crippen LogP) is 3.63. The molecule has 1 aromatic rings. The molecule has 1 fully saturated rings. The van der Waals surface area contributed by atoms with Gasteiger partial charge in [0.1, 0.15) is 5.54 Å². The van der Waals surface area contributed by atoms with Crippen LogP contribution >= 0.6 is 11.8 Å². The van der Waals surface area contributed by atoms with Gasteiger partial charge in [0, 0.05) is 10.9 Å². The molecular weight excluding hydrogens is 270 g/mol. The van der Waals surface area contributed by atoms with Crippen LogP contribution in [0.25, 0.3) is 0 Å². The number of thioether (sulfide) groups is 1. The van der Waals surface area contributed by atoms with Crippen LogP contribution < -0.4 is 5.32 Å². The Morgan fingerprint density at radius 3 is 2.35 bits per heavy atom. The van der Waals surface area contributed by atoms with E-state index in [1.807, 2.05) is 30.5 Å². The van der Waals surface area contributed by atoms with Crippen LogP contribution in [0.3, 0.4) is 0 Å². The SMILES string of the molecule is CSc1ccc(C(C)(NC2CCCCC2)C(=O)O)cc1. The zero-order valence-corrected chi connectivity index (χ0v) is 13.0. The van der Waals surface area contributed by atoms with Gasteiger partial charge in [-0.25, -0.2) is 4.79 Å². The molecule has 4 heteroatoms. The maximum Gasteiger partial charge on any atom is 0.328 e. The monoisotopic (exact) mass is 293 g/mol. The summed E-state index contributed by atoms with van der Waals surface area (Å²) in [5, 5.41) is 13.1. The highest BCUT2D eigenvalue weighted by molar-refractivity contribution is 7.98. The van der Waals surface area contributed by atoms with Gasteiger partial charge in [-0.3, -0.25) is 5.32 Å². The lowest BCUT2D eigenvalue weighted by Gasteiger charge is -2.34. The highest BCUT2D eigenvalue weighted by atomic mass is 32.2. The van der Waals surface area contributed by atoms with Gasteiger partial charge in [0.2, 0.25) is 0 Å². The minimum atomic E-state index is -1.00. The molecule has 2 rings (SSSR count). The van der Waals surface area contributed by atoms with E-state index in [1.165, 1.54) is 19.3 Å². The fraction of sp³-hybridized carbons (Fsp3) is 0.562. The molecule has 1 aromatic carbocycles. The molecule has 0 spiro atoms. The molecule has 20 heavy (non-hydrogen) atoms. The van der Waals surface area contributed by atoms with Crippen molar-refractivity contribution in [3.8, 4) is 0 Å². The van der Waals surface area contributed by atoms with E-state index in [0.29, 0.717) is 6.04 Å². The highest BCUT2D eigenvalue weighted by Crippen LogP contribution is 2.27. The summed E-state index contributed by atoms with van der Waals surface area (Å²) in [6.07, 6.45) is 7.82. The van der Waals surface area contributed by atoms with Gasteiger partial charge in [0.05, 0.1) is 0 Å². The smallest absolute Gasteiger partial charge is 0.328 e. The van der Waals surface area contributed by atoms with E-state index >= 15 is 0 Å². The summed E-state index contributed by atoms with van der Waals surface area (Å²) >= 11 is 1.66. The molecule has 1 aliphatic carbocycles. The van der Waals surface area contributed by atoms with Crippen LogP contribution in [0.1, 0.15) is 44.6 Å². The van der Waals surface area contributed by atoms with Gasteiger partial charge >= 0.3 is 5.97 Å². The van der Waals surface area contributed by atoms with Crippen molar-refractivity contribution in [1.29, 1.82) is 0 Å². The van der Waals surface area contributed by atoms with Gasteiger partial charge in [-0.2, -0.15) is 0 Å². The quantitative estimate of drug-likeness (QED) is 0.814. The van der Waals surface area contributed by atoms with Crippen LogP contribution in [0, 0.1) is 0 Å². The number of rotatable bonds is 5. The first kappa shape index (κ1) is 15.4. The summed E-state index contributed by atoms with van der Waals surface area (Å²) in [7, 11) is 0. The molecule has 0 radical (unpaired) electrons. The van der Waals surface area contributed by atoms with Gasteiger partial charge < -0.3 is 5.11 Å². The number of aliphatic carboxylic acids is 1. The third-order valence-corrected chi connectivity index (χ3v) is 4.94. The molecule has 0 aromatic heterocycles. The minimum absolute atomic E-state index is 0.310. The average molecular weight is 293 g/mol. The van der Waals surface area contributed by atoms with Crippen LogP contribution in [0.4, 0.5) is 0 Å². The lowest BCUT2D eigenvalue weighted by atomic mass is 9.87. The zero-order valence-electron chi connectivity index (χ0n) is 12.2. The molecule has 1 atom stereocenters. The van der Waals surface area contributed by atoms with Crippen LogP contribution in [-0.2, 0) is 10.3 Å². The van der Waals surface area contributed by atoms with Crippen molar-refractivity contribution in [2.24, 2.45) is 0 Å². The van der Waals surface area contributed by atoms with E-state index in [4.69, 9.17) is 0 Å². The first-order chi connectivity index (χ1) is 9.56. The predicted molar refractivity (Wildman–Crippen MR) is 83.2 cm³/mol. The van der Waals surface area contributed by atoms with E-state index in [0.717, 1.165) is 23.3 Å². The number of hydrogen-bond donors (Lipinski definition) is 2. The van der Waals surface area contributed by atoms with Gasteiger partial charge in [0.25, 0.3) is 0 Å². The molecule has 1 saturated carbocycles. The lowest BCUT2D eigenvalue weighted by molar-refractivity contribution is -0.145. The Morgan fingerprint density at radius 2 is 1.85 bits per heavy atom. The van der Waals surface area contributed by atoms with E-state index < -0.39 is 11.5 Å². The summed E-state index contributed by atoms with van der Waals surface area (Å²) in [5.74, 6) is -0.806. The fourth-order valence-electron chi connectivity index (χ4n) is 2.85.